The van der Waals surface area contributed by atoms with Crippen LogP contribution in [-0.2, 0) is 10.2 Å². The minimum absolute atomic E-state index is 0.0331. The van der Waals surface area contributed by atoms with Gasteiger partial charge in [-0.25, -0.2) is 4.79 Å². The normalized spacial score (nSPS) is 20.7. The Balaban J connectivity index is 1.19. The molecule has 1 amide bonds. The van der Waals surface area contributed by atoms with Crippen LogP contribution < -0.4 is 14.8 Å². The number of carbonyl (C=O) groups excluding carboxylic acids is 1. The van der Waals surface area contributed by atoms with Crippen LogP contribution in [0.15, 0.2) is 60.7 Å². The molecule has 0 saturated heterocycles. The summed E-state index contributed by atoms with van der Waals surface area (Å²) in [5, 5.41) is 20.6. The van der Waals surface area contributed by atoms with Crippen molar-refractivity contribution in [1.29, 1.82) is 0 Å². The number of amides is 1. The molecule has 40 heavy (non-hydrogen) atoms. The molecular formula is C32H39N3O5. The van der Waals surface area contributed by atoms with E-state index in [1.165, 1.54) is 24.0 Å². The summed E-state index contributed by atoms with van der Waals surface area (Å²) in [5.74, 6) is 1.94. The van der Waals surface area contributed by atoms with E-state index in [-0.39, 0.29) is 23.7 Å². The lowest BCUT2D eigenvalue weighted by molar-refractivity contribution is 0.0362. The Kier molecular flexibility index (Phi) is 7.99. The largest absolute Gasteiger partial charge is 0.490 e. The molecule has 212 valence electrons. The van der Waals surface area contributed by atoms with Crippen LogP contribution in [0, 0.1) is 0 Å². The van der Waals surface area contributed by atoms with Gasteiger partial charge in [0, 0.05) is 30.4 Å². The van der Waals surface area contributed by atoms with E-state index >= 15 is 0 Å². The first-order chi connectivity index (χ1) is 19.1. The predicted molar refractivity (Wildman–Crippen MR) is 152 cm³/mol. The number of rotatable bonds is 8. The fourth-order valence-electron chi connectivity index (χ4n) is 5.59. The van der Waals surface area contributed by atoms with E-state index in [0.29, 0.717) is 17.3 Å². The monoisotopic (exact) mass is 545 g/mol. The fourth-order valence-corrected chi connectivity index (χ4v) is 5.59. The molecule has 0 spiro atoms. The van der Waals surface area contributed by atoms with Gasteiger partial charge >= 0.3 is 6.09 Å². The third-order valence-electron chi connectivity index (χ3n) is 7.70. The van der Waals surface area contributed by atoms with Crippen LogP contribution in [0.3, 0.4) is 0 Å². The first-order valence-electron chi connectivity index (χ1n) is 14.2. The number of nitrogens with zero attached hydrogens (tertiary/aromatic N) is 2. The van der Waals surface area contributed by atoms with Gasteiger partial charge < -0.3 is 24.6 Å². The SMILES string of the molecule is C[C@@H](O)c1ccc(Oc2ccc(C3(c4ccc(OC5CC(NC(=O)OC(C)(C)C)C5)cc4)CCCC3)cc2)nn1. The molecule has 1 aromatic heterocycles. The molecule has 1 heterocycles. The number of nitrogens with one attached hydrogen (secondary N) is 1. The Labute approximate surface area is 236 Å². The van der Waals surface area contributed by atoms with E-state index in [1.807, 2.05) is 32.9 Å². The second-order valence-electron chi connectivity index (χ2n) is 12.0. The number of aliphatic hydroxyl groups excluding tert-OH is 1. The zero-order valence-electron chi connectivity index (χ0n) is 23.7. The molecular weight excluding hydrogens is 506 g/mol. The van der Waals surface area contributed by atoms with Crippen LogP contribution in [0.1, 0.15) is 89.1 Å². The highest BCUT2D eigenvalue weighted by atomic mass is 16.6. The highest BCUT2D eigenvalue weighted by molar-refractivity contribution is 5.68. The van der Waals surface area contributed by atoms with Crippen LogP contribution in [0.4, 0.5) is 4.79 Å². The van der Waals surface area contributed by atoms with Crippen molar-refractivity contribution in [1.82, 2.24) is 15.5 Å². The Bertz CT molecular complexity index is 1270. The van der Waals surface area contributed by atoms with Gasteiger partial charge in [0.2, 0.25) is 5.88 Å². The first kappa shape index (κ1) is 27.9. The van der Waals surface area contributed by atoms with Crippen molar-refractivity contribution >= 4 is 6.09 Å². The number of carbonyl (C=O) groups is 1. The highest BCUT2D eigenvalue weighted by Crippen LogP contribution is 2.47. The molecule has 2 fully saturated rings. The van der Waals surface area contributed by atoms with Crippen LogP contribution in [0.25, 0.3) is 0 Å². The summed E-state index contributed by atoms with van der Waals surface area (Å²) in [5.41, 5.74) is 2.55. The number of aromatic nitrogens is 2. The average molecular weight is 546 g/mol. The number of ether oxygens (including phenoxy) is 3. The number of alkyl carbamates (subject to hydrolysis) is 1. The minimum atomic E-state index is -0.664. The molecule has 0 unspecified atom stereocenters. The predicted octanol–water partition coefficient (Wildman–Crippen LogP) is 6.62. The summed E-state index contributed by atoms with van der Waals surface area (Å²) < 4.78 is 17.4. The molecule has 3 aromatic rings. The maximum Gasteiger partial charge on any atom is 0.407 e. The van der Waals surface area contributed by atoms with Gasteiger partial charge in [-0.05, 0) is 82.0 Å². The molecule has 2 saturated carbocycles. The second-order valence-corrected chi connectivity index (χ2v) is 12.0. The van der Waals surface area contributed by atoms with E-state index in [9.17, 15) is 9.90 Å². The third-order valence-corrected chi connectivity index (χ3v) is 7.70. The summed E-state index contributed by atoms with van der Waals surface area (Å²) in [6, 6.07) is 20.3. The van der Waals surface area contributed by atoms with Gasteiger partial charge in [-0.1, -0.05) is 37.1 Å². The molecule has 8 nitrogen and oxygen atoms in total. The Morgan fingerprint density at radius 3 is 2.05 bits per heavy atom. The molecule has 0 radical (unpaired) electrons. The Morgan fingerprint density at radius 2 is 1.52 bits per heavy atom. The molecule has 0 bridgehead atoms. The topological polar surface area (TPSA) is 103 Å². The lowest BCUT2D eigenvalue weighted by Crippen LogP contribution is -2.50. The molecule has 2 aliphatic carbocycles. The van der Waals surface area contributed by atoms with Gasteiger partial charge in [-0.3, -0.25) is 0 Å². The highest BCUT2D eigenvalue weighted by Gasteiger charge is 2.38. The lowest BCUT2D eigenvalue weighted by Gasteiger charge is -2.36. The Hall–Kier alpha value is -3.65. The van der Waals surface area contributed by atoms with Gasteiger partial charge in [-0.15, -0.1) is 10.2 Å². The third kappa shape index (κ3) is 6.55. The minimum Gasteiger partial charge on any atom is -0.490 e. The summed E-state index contributed by atoms with van der Waals surface area (Å²) in [4.78, 5) is 12.0. The van der Waals surface area contributed by atoms with E-state index in [4.69, 9.17) is 14.2 Å². The van der Waals surface area contributed by atoms with Crippen molar-refractivity contribution < 1.29 is 24.1 Å². The van der Waals surface area contributed by atoms with Crippen LogP contribution in [0.5, 0.6) is 17.4 Å². The Morgan fingerprint density at radius 1 is 0.925 bits per heavy atom. The van der Waals surface area contributed by atoms with Crippen LogP contribution in [0.2, 0.25) is 0 Å². The maximum atomic E-state index is 12.0. The van der Waals surface area contributed by atoms with Crippen molar-refractivity contribution in [2.24, 2.45) is 0 Å². The van der Waals surface area contributed by atoms with Gasteiger partial charge in [0.1, 0.15) is 23.2 Å². The molecule has 8 heteroatoms. The van der Waals surface area contributed by atoms with E-state index in [0.717, 1.165) is 31.4 Å². The quantitative estimate of drug-likeness (QED) is 0.328. The van der Waals surface area contributed by atoms with E-state index in [2.05, 4.69) is 51.9 Å². The lowest BCUT2D eigenvalue weighted by atomic mass is 9.73. The summed E-state index contributed by atoms with van der Waals surface area (Å²) >= 11 is 0. The number of hydrogen-bond donors (Lipinski definition) is 2. The zero-order chi connectivity index (χ0) is 28.3. The number of benzene rings is 2. The van der Waals surface area contributed by atoms with Crippen molar-refractivity contribution in [3.8, 4) is 17.4 Å². The van der Waals surface area contributed by atoms with E-state index < -0.39 is 11.7 Å². The van der Waals surface area contributed by atoms with Crippen LogP contribution >= 0.6 is 0 Å². The molecule has 0 aliphatic heterocycles. The molecule has 5 rings (SSSR count). The standard InChI is InChI=1S/C32H39N3O5/c1-21(36)28-15-16-29(35-34-28)39-26-13-9-23(10-14-26)32(17-5-6-18-32)22-7-11-25(12-8-22)38-27-19-24(20-27)33-30(37)40-31(2,3)4/h7-16,21,24,27,36H,5-6,17-20H2,1-4H3,(H,33,37)/t21-,24?,27?/m1/s1. The fraction of sp³-hybridized carbons (Fsp3) is 0.469. The maximum absolute atomic E-state index is 12.0. The molecule has 1 atom stereocenters. The van der Waals surface area contributed by atoms with Gasteiger partial charge in [-0.2, -0.15) is 0 Å². The van der Waals surface area contributed by atoms with Crippen molar-refractivity contribution in [2.45, 2.75) is 95.5 Å². The smallest absolute Gasteiger partial charge is 0.407 e. The average Bonchev–Trinajstić information content (AvgIpc) is 3.39. The molecule has 2 aromatic carbocycles. The summed E-state index contributed by atoms with van der Waals surface area (Å²) in [6.45, 7) is 7.23. The van der Waals surface area contributed by atoms with Gasteiger partial charge in [0.05, 0.1) is 11.8 Å². The van der Waals surface area contributed by atoms with Gasteiger partial charge in [0.25, 0.3) is 0 Å². The van der Waals surface area contributed by atoms with Crippen molar-refractivity contribution in [3.05, 3.63) is 77.5 Å². The first-order valence-corrected chi connectivity index (χ1v) is 14.2. The van der Waals surface area contributed by atoms with E-state index in [1.54, 1.807) is 19.1 Å². The molecule has 2 aliphatic rings. The number of aliphatic hydroxyl groups is 1. The number of hydrogen-bond acceptors (Lipinski definition) is 7. The van der Waals surface area contributed by atoms with Crippen molar-refractivity contribution in [2.75, 3.05) is 0 Å². The zero-order valence-corrected chi connectivity index (χ0v) is 23.7. The second kappa shape index (κ2) is 11.5. The summed E-state index contributed by atoms with van der Waals surface area (Å²) in [6.07, 6.45) is 5.17. The van der Waals surface area contributed by atoms with Crippen LogP contribution in [-0.4, -0.2) is 39.1 Å². The van der Waals surface area contributed by atoms with Crippen molar-refractivity contribution in [3.63, 3.8) is 0 Å². The summed E-state index contributed by atoms with van der Waals surface area (Å²) in [7, 11) is 0. The van der Waals surface area contributed by atoms with Gasteiger partial charge in [0.15, 0.2) is 0 Å². The molecule has 2 N–H and O–H groups in total.